The second kappa shape index (κ2) is 10.3. The van der Waals surface area contributed by atoms with Crippen molar-refractivity contribution in [3.05, 3.63) is 35.9 Å². The molecule has 6 nitrogen and oxygen atoms in total. The summed E-state index contributed by atoms with van der Waals surface area (Å²) < 4.78 is 9.86. The Hall–Kier alpha value is -1.47. The quantitative estimate of drug-likeness (QED) is 0.684. The lowest BCUT2D eigenvalue weighted by Crippen LogP contribution is -2.36. The number of ether oxygens (including phenoxy) is 2. The van der Waals surface area contributed by atoms with Crippen molar-refractivity contribution >= 4 is 5.97 Å². The molecule has 1 aromatic rings. The van der Waals surface area contributed by atoms with E-state index in [4.69, 9.17) is 19.7 Å². The van der Waals surface area contributed by atoms with Crippen molar-refractivity contribution in [3.8, 4) is 0 Å². The number of carbonyl (C=O) groups is 1. The monoisotopic (exact) mass is 285 g/mol. The Bertz CT molecular complexity index is 363. The van der Waals surface area contributed by atoms with E-state index in [2.05, 4.69) is 5.32 Å². The highest BCUT2D eigenvalue weighted by atomic mass is 16.5. The third-order valence-electron chi connectivity index (χ3n) is 2.53. The van der Waals surface area contributed by atoms with E-state index in [0.29, 0.717) is 5.56 Å². The molecule has 0 bridgehead atoms. The van der Waals surface area contributed by atoms with Crippen molar-refractivity contribution in [2.75, 3.05) is 14.2 Å². The Labute approximate surface area is 119 Å². The third-order valence-corrected chi connectivity index (χ3v) is 2.53. The minimum absolute atomic E-state index is 0.0555. The Kier molecular flexibility index (Phi) is 9.57. The minimum Gasteiger partial charge on any atom is -0.479 e. The van der Waals surface area contributed by atoms with Gasteiger partial charge in [-0.15, -0.1) is 0 Å². The number of benzene rings is 1. The van der Waals surface area contributed by atoms with Crippen LogP contribution in [0.2, 0.25) is 0 Å². The van der Waals surface area contributed by atoms with Crippen LogP contribution in [-0.2, 0) is 14.3 Å². The average molecular weight is 285 g/mol. The van der Waals surface area contributed by atoms with E-state index in [1.165, 1.54) is 0 Å². The molecule has 0 aliphatic rings. The third kappa shape index (κ3) is 7.85. The van der Waals surface area contributed by atoms with E-state index in [9.17, 15) is 4.79 Å². The molecule has 1 rings (SSSR count). The number of carboxylic acids is 1. The number of aliphatic hydroxyl groups excluding tert-OH is 1. The number of hydrogen-bond donors (Lipinski definition) is 3. The number of carboxylic acid groups (broad SMARTS) is 1. The highest BCUT2D eigenvalue weighted by molar-refractivity contribution is 5.73. The van der Waals surface area contributed by atoms with Crippen LogP contribution in [0.15, 0.2) is 30.3 Å². The molecule has 0 aliphatic heterocycles. The molecule has 6 heteroatoms. The van der Waals surface area contributed by atoms with Crippen LogP contribution in [-0.4, -0.2) is 42.9 Å². The fourth-order valence-electron chi connectivity index (χ4n) is 1.24. The molecule has 3 atom stereocenters. The predicted molar refractivity (Wildman–Crippen MR) is 75.1 cm³/mol. The number of methoxy groups -OCH3 is 2. The van der Waals surface area contributed by atoms with Crippen LogP contribution in [0.5, 0.6) is 0 Å². The summed E-state index contributed by atoms with van der Waals surface area (Å²) in [4.78, 5) is 10.2. The molecule has 1 aromatic carbocycles. The number of hydrogen-bond acceptors (Lipinski definition) is 5. The first-order valence-corrected chi connectivity index (χ1v) is 6.19. The van der Waals surface area contributed by atoms with Gasteiger partial charge >= 0.3 is 5.97 Å². The molecular weight excluding hydrogens is 262 g/mol. The smallest absolute Gasteiger partial charge is 0.337 e. The van der Waals surface area contributed by atoms with Gasteiger partial charge in [0.2, 0.25) is 0 Å². The van der Waals surface area contributed by atoms with E-state index in [1.807, 2.05) is 13.8 Å². The Morgan fingerprint density at radius 1 is 1.10 bits per heavy atom. The van der Waals surface area contributed by atoms with Gasteiger partial charge in [0.15, 0.2) is 6.10 Å². The van der Waals surface area contributed by atoms with Crippen LogP contribution in [0.4, 0.5) is 0 Å². The summed E-state index contributed by atoms with van der Waals surface area (Å²) in [5.41, 5.74) is 0.403. The zero-order valence-electron chi connectivity index (χ0n) is 12.2. The van der Waals surface area contributed by atoms with Crippen LogP contribution in [0, 0.1) is 0 Å². The molecular formula is C14H23NO5. The normalized spacial score (nSPS) is 14.7. The molecule has 0 amide bonds. The van der Waals surface area contributed by atoms with E-state index in [-0.39, 0.29) is 12.5 Å². The van der Waals surface area contributed by atoms with Crippen molar-refractivity contribution in [1.82, 2.24) is 5.32 Å². The second-order valence-corrected chi connectivity index (χ2v) is 4.07. The van der Waals surface area contributed by atoms with Gasteiger partial charge < -0.3 is 19.7 Å². The molecule has 0 saturated carbocycles. The Balaban J connectivity index is 0.000000370. The van der Waals surface area contributed by atoms with Gasteiger partial charge in [-0.1, -0.05) is 30.3 Å². The molecule has 0 fully saturated rings. The average Bonchev–Trinajstić information content (AvgIpc) is 2.47. The number of aliphatic carboxylic acids is 1. The molecule has 114 valence electrons. The number of aliphatic hydroxyl groups is 1. The molecule has 20 heavy (non-hydrogen) atoms. The second-order valence-electron chi connectivity index (χ2n) is 4.07. The number of nitrogens with one attached hydrogen (secondary N) is 1. The van der Waals surface area contributed by atoms with Gasteiger partial charge in [0.1, 0.15) is 12.5 Å². The van der Waals surface area contributed by atoms with Gasteiger partial charge in [0.05, 0.1) is 0 Å². The van der Waals surface area contributed by atoms with Gasteiger partial charge in [-0.25, -0.2) is 4.79 Å². The predicted octanol–water partition coefficient (Wildman–Crippen LogP) is 1.37. The SMILES string of the molecule is COC(C)NC(C)OC.O=C(O)C(O)c1ccccc1. The Morgan fingerprint density at radius 3 is 1.90 bits per heavy atom. The lowest BCUT2D eigenvalue weighted by molar-refractivity contribution is -0.146. The van der Waals surface area contributed by atoms with Crippen LogP contribution in [0.25, 0.3) is 0 Å². The highest BCUT2D eigenvalue weighted by Crippen LogP contribution is 2.10. The molecule has 0 radical (unpaired) electrons. The fraction of sp³-hybridized carbons (Fsp3) is 0.500. The molecule has 3 N–H and O–H groups in total. The zero-order valence-corrected chi connectivity index (χ0v) is 12.2. The van der Waals surface area contributed by atoms with E-state index < -0.39 is 12.1 Å². The van der Waals surface area contributed by atoms with E-state index in [1.54, 1.807) is 44.6 Å². The Morgan fingerprint density at radius 2 is 1.55 bits per heavy atom. The molecule has 0 heterocycles. The summed E-state index contributed by atoms with van der Waals surface area (Å²) in [6.07, 6.45) is -1.30. The highest BCUT2D eigenvalue weighted by Gasteiger charge is 2.14. The van der Waals surface area contributed by atoms with Crippen molar-refractivity contribution < 1.29 is 24.5 Å². The van der Waals surface area contributed by atoms with Crippen LogP contribution < -0.4 is 5.32 Å². The first kappa shape index (κ1) is 18.5. The van der Waals surface area contributed by atoms with Gasteiger partial charge in [0.25, 0.3) is 0 Å². The van der Waals surface area contributed by atoms with Crippen LogP contribution >= 0.6 is 0 Å². The van der Waals surface area contributed by atoms with E-state index in [0.717, 1.165) is 0 Å². The molecule has 3 unspecified atom stereocenters. The maximum absolute atomic E-state index is 10.2. The molecule has 0 aromatic heterocycles. The number of rotatable bonds is 6. The maximum atomic E-state index is 10.2. The molecule has 0 spiro atoms. The van der Waals surface area contributed by atoms with Gasteiger partial charge in [-0.3, -0.25) is 5.32 Å². The van der Waals surface area contributed by atoms with Gasteiger partial charge in [0, 0.05) is 14.2 Å². The molecule has 0 aliphatic carbocycles. The first-order valence-electron chi connectivity index (χ1n) is 6.19. The maximum Gasteiger partial charge on any atom is 0.337 e. The van der Waals surface area contributed by atoms with Gasteiger partial charge in [-0.05, 0) is 19.4 Å². The van der Waals surface area contributed by atoms with Crippen LogP contribution in [0.3, 0.4) is 0 Å². The summed E-state index contributed by atoms with van der Waals surface area (Å²) in [6, 6.07) is 8.26. The summed E-state index contributed by atoms with van der Waals surface area (Å²) >= 11 is 0. The first-order chi connectivity index (χ1) is 9.42. The lowest BCUT2D eigenvalue weighted by atomic mass is 10.1. The minimum atomic E-state index is -1.41. The van der Waals surface area contributed by atoms with Gasteiger partial charge in [-0.2, -0.15) is 0 Å². The topological polar surface area (TPSA) is 88.0 Å². The van der Waals surface area contributed by atoms with Crippen molar-refractivity contribution in [3.63, 3.8) is 0 Å². The summed E-state index contributed by atoms with van der Waals surface area (Å²) in [5.74, 6) is -1.23. The fourth-order valence-corrected chi connectivity index (χ4v) is 1.24. The standard InChI is InChI=1S/C8H8O3.C6H15NO2/c9-7(8(10)11)6-4-2-1-3-5-6;1-5(8-3)7-6(2)9-4/h1-5,7,9H,(H,10,11);5-7H,1-4H3. The summed E-state index contributed by atoms with van der Waals surface area (Å²) in [7, 11) is 3.31. The summed E-state index contributed by atoms with van der Waals surface area (Å²) in [5, 5.41) is 20.4. The zero-order chi connectivity index (χ0) is 15.5. The largest absolute Gasteiger partial charge is 0.479 e. The van der Waals surface area contributed by atoms with Crippen molar-refractivity contribution in [1.29, 1.82) is 0 Å². The van der Waals surface area contributed by atoms with Crippen molar-refractivity contribution in [2.45, 2.75) is 32.4 Å². The lowest BCUT2D eigenvalue weighted by Gasteiger charge is -2.16. The molecule has 0 saturated heterocycles. The van der Waals surface area contributed by atoms with E-state index >= 15 is 0 Å². The van der Waals surface area contributed by atoms with Crippen molar-refractivity contribution in [2.24, 2.45) is 0 Å². The van der Waals surface area contributed by atoms with Crippen LogP contribution in [0.1, 0.15) is 25.5 Å². The summed E-state index contributed by atoms with van der Waals surface area (Å²) in [6.45, 7) is 3.85.